The number of fused-ring (bicyclic) bond motifs is 6. The molecule has 10 heteroatoms. The van der Waals surface area contributed by atoms with Crippen molar-refractivity contribution in [2.24, 2.45) is 5.92 Å². The number of benzene rings is 1. The summed E-state index contributed by atoms with van der Waals surface area (Å²) in [5.74, 6) is 0.0609. The Morgan fingerprint density at radius 1 is 1.03 bits per heavy atom. The van der Waals surface area contributed by atoms with Gasteiger partial charge in [0.2, 0.25) is 5.91 Å². The zero-order valence-electron chi connectivity index (χ0n) is 21.2. The van der Waals surface area contributed by atoms with Crippen molar-refractivity contribution in [2.75, 3.05) is 63.1 Å². The first-order valence-corrected chi connectivity index (χ1v) is 13.6. The molecule has 0 radical (unpaired) electrons. The van der Waals surface area contributed by atoms with Gasteiger partial charge in [0.1, 0.15) is 12.5 Å². The van der Waals surface area contributed by atoms with Gasteiger partial charge in [-0.3, -0.25) is 25.8 Å². The third kappa shape index (κ3) is 4.98. The molecule has 5 aliphatic heterocycles. The van der Waals surface area contributed by atoms with Crippen molar-refractivity contribution >= 4 is 17.3 Å². The number of piperidine rings is 1. The van der Waals surface area contributed by atoms with Crippen LogP contribution in [0.2, 0.25) is 0 Å². The minimum absolute atomic E-state index is 0.0423. The van der Waals surface area contributed by atoms with Crippen molar-refractivity contribution in [1.29, 1.82) is 0 Å². The van der Waals surface area contributed by atoms with E-state index >= 15 is 0 Å². The summed E-state index contributed by atoms with van der Waals surface area (Å²) in [6, 6.07) is 8.70. The number of nitrogens with one attached hydrogen (secondary N) is 4. The van der Waals surface area contributed by atoms with E-state index in [9.17, 15) is 4.79 Å². The molecule has 5 aliphatic rings. The van der Waals surface area contributed by atoms with Crippen LogP contribution >= 0.6 is 0 Å². The maximum atomic E-state index is 13.4. The lowest BCUT2D eigenvalue weighted by atomic mass is 10.0. The van der Waals surface area contributed by atoms with Gasteiger partial charge in [0, 0.05) is 44.1 Å². The second-order valence-corrected chi connectivity index (χ2v) is 10.6. The van der Waals surface area contributed by atoms with Gasteiger partial charge in [-0.1, -0.05) is 12.2 Å². The third-order valence-electron chi connectivity index (χ3n) is 8.13. The van der Waals surface area contributed by atoms with Crippen LogP contribution in [0.4, 0.5) is 11.4 Å². The van der Waals surface area contributed by atoms with Crippen molar-refractivity contribution < 1.29 is 9.53 Å². The van der Waals surface area contributed by atoms with Gasteiger partial charge >= 0.3 is 0 Å². The average molecular weight is 497 g/mol. The molecule has 1 amide bonds. The summed E-state index contributed by atoms with van der Waals surface area (Å²) < 4.78 is 6.07. The molecular formula is C26H40N8O2. The van der Waals surface area contributed by atoms with Crippen LogP contribution in [0, 0.1) is 5.92 Å². The van der Waals surface area contributed by atoms with Crippen molar-refractivity contribution in [3.63, 3.8) is 0 Å². The van der Waals surface area contributed by atoms with E-state index in [1.165, 1.54) is 5.69 Å². The van der Waals surface area contributed by atoms with Crippen molar-refractivity contribution in [3.05, 3.63) is 36.4 Å². The van der Waals surface area contributed by atoms with Gasteiger partial charge in [0.15, 0.2) is 0 Å². The van der Waals surface area contributed by atoms with Gasteiger partial charge in [0.05, 0.1) is 31.4 Å². The van der Waals surface area contributed by atoms with Crippen molar-refractivity contribution in [1.82, 2.24) is 30.9 Å². The Bertz CT molecular complexity index is 934. The monoisotopic (exact) mass is 496 g/mol. The minimum Gasteiger partial charge on any atom is -0.369 e. The molecule has 1 aromatic carbocycles. The fourth-order valence-corrected chi connectivity index (χ4v) is 6.07. The zero-order valence-corrected chi connectivity index (χ0v) is 21.2. The summed E-state index contributed by atoms with van der Waals surface area (Å²) in [5.41, 5.74) is 2.33. The number of carbonyl (C=O) groups excluding carboxylic acids is 1. The van der Waals surface area contributed by atoms with E-state index < -0.39 is 0 Å². The lowest BCUT2D eigenvalue weighted by molar-refractivity contribution is -0.148. The Balaban J connectivity index is 1.15. The van der Waals surface area contributed by atoms with Gasteiger partial charge < -0.3 is 19.9 Å². The molecule has 0 spiro atoms. The van der Waals surface area contributed by atoms with Gasteiger partial charge in [-0.2, -0.15) is 5.01 Å². The van der Waals surface area contributed by atoms with Gasteiger partial charge in [-0.15, -0.1) is 0 Å². The van der Waals surface area contributed by atoms with E-state index in [1.54, 1.807) is 0 Å². The van der Waals surface area contributed by atoms with Crippen molar-refractivity contribution in [2.45, 2.75) is 50.5 Å². The predicted molar refractivity (Wildman–Crippen MR) is 140 cm³/mol. The summed E-state index contributed by atoms with van der Waals surface area (Å²) in [6.07, 6.45) is 8.11. The fraction of sp³-hybridized carbons (Fsp3) is 0.654. The molecule has 5 heterocycles. The highest BCUT2D eigenvalue weighted by Crippen LogP contribution is 2.32. The molecule has 4 N–H and O–H groups in total. The first-order chi connectivity index (χ1) is 17.7. The quantitative estimate of drug-likeness (QED) is 0.453. The van der Waals surface area contributed by atoms with Crippen molar-refractivity contribution in [3.8, 4) is 0 Å². The van der Waals surface area contributed by atoms with E-state index in [2.05, 4.69) is 79.5 Å². The smallest absolute Gasteiger partial charge is 0.244 e. The van der Waals surface area contributed by atoms with E-state index in [4.69, 9.17) is 4.74 Å². The number of ether oxygens (including phenoxy) is 1. The summed E-state index contributed by atoms with van der Waals surface area (Å²) in [5, 5.41) is 18.7. The first kappa shape index (κ1) is 24.1. The lowest BCUT2D eigenvalue weighted by Crippen LogP contribution is -2.68. The molecule has 2 bridgehead atoms. The number of amides is 1. The normalized spacial score (nSPS) is 35.0. The summed E-state index contributed by atoms with van der Waals surface area (Å²) in [7, 11) is 2.18. The number of nitrogens with zero attached hydrogens (tertiary/aromatic N) is 4. The molecule has 0 aromatic heterocycles. The molecule has 4 saturated heterocycles. The maximum Gasteiger partial charge on any atom is 0.244 e. The predicted octanol–water partition coefficient (Wildman–Crippen LogP) is 0.730. The second-order valence-electron chi connectivity index (χ2n) is 10.6. The maximum absolute atomic E-state index is 13.4. The van der Waals surface area contributed by atoms with Crippen LogP contribution in [-0.4, -0.2) is 98.6 Å². The third-order valence-corrected chi connectivity index (χ3v) is 8.13. The minimum atomic E-state index is -0.127. The topological polar surface area (TPSA) is 87.4 Å². The van der Waals surface area contributed by atoms with E-state index in [1.807, 2.05) is 5.01 Å². The van der Waals surface area contributed by atoms with Gasteiger partial charge in [0.25, 0.3) is 0 Å². The summed E-state index contributed by atoms with van der Waals surface area (Å²) in [6.45, 7) is 6.28. The Kier molecular flexibility index (Phi) is 7.14. The Labute approximate surface area is 213 Å². The highest BCUT2D eigenvalue weighted by Gasteiger charge is 2.52. The summed E-state index contributed by atoms with van der Waals surface area (Å²) in [4.78, 5) is 18.3. The molecular weight excluding hydrogens is 456 g/mol. The molecule has 36 heavy (non-hydrogen) atoms. The van der Waals surface area contributed by atoms with E-state index in [0.717, 1.165) is 57.5 Å². The fourth-order valence-electron chi connectivity index (χ4n) is 6.07. The molecule has 1 aromatic rings. The van der Waals surface area contributed by atoms with E-state index in [-0.39, 0.29) is 36.7 Å². The molecule has 5 unspecified atom stereocenters. The lowest BCUT2D eigenvalue weighted by Gasteiger charge is -2.44. The van der Waals surface area contributed by atoms with E-state index in [0.29, 0.717) is 19.7 Å². The average Bonchev–Trinajstić information content (AvgIpc) is 3.16. The second kappa shape index (κ2) is 10.6. The number of hydrogen-bond donors (Lipinski definition) is 4. The van der Waals surface area contributed by atoms with Crippen LogP contribution in [0.3, 0.4) is 0 Å². The van der Waals surface area contributed by atoms with Crippen LogP contribution in [-0.2, 0) is 9.53 Å². The molecule has 0 saturated carbocycles. The van der Waals surface area contributed by atoms with Crippen LogP contribution in [0.1, 0.15) is 25.7 Å². The number of hydrogen-bond acceptors (Lipinski definition) is 9. The largest absolute Gasteiger partial charge is 0.369 e. The van der Waals surface area contributed by atoms with Crippen LogP contribution in [0.25, 0.3) is 0 Å². The molecule has 6 rings (SSSR count). The molecule has 5 atom stereocenters. The number of rotatable bonds is 3. The van der Waals surface area contributed by atoms with Crippen LogP contribution in [0.5, 0.6) is 0 Å². The molecule has 0 aliphatic carbocycles. The zero-order chi connectivity index (χ0) is 24.5. The molecule has 10 nitrogen and oxygen atoms in total. The highest BCUT2D eigenvalue weighted by atomic mass is 16.5. The van der Waals surface area contributed by atoms with Crippen LogP contribution < -0.4 is 26.2 Å². The number of piperazine rings is 1. The van der Waals surface area contributed by atoms with Gasteiger partial charge in [-0.05, 0) is 57.0 Å². The Morgan fingerprint density at radius 2 is 1.86 bits per heavy atom. The standard InChI is InChI=1S/C26H40N8O2/c1-31-13-15-32(16-14-31)20-10-8-19(9-11-20)28-26-27-18-21-24(30-26)34-22-6-5-7-23(29-22)36-17-4-2-3-12-33(34)25(21)35/h2-3,8-11,21-24,26-30H,4-7,12-18H2,1H3/b3-2-. The number of likely N-dealkylation sites (N-methyl/N-ethyl adjacent to an activating group) is 1. The van der Waals surface area contributed by atoms with Gasteiger partial charge in [-0.25, -0.2) is 0 Å². The molecule has 4 fully saturated rings. The Morgan fingerprint density at radius 3 is 2.69 bits per heavy atom. The number of hydrazine groups is 1. The number of carbonyl (C=O) groups is 1. The van der Waals surface area contributed by atoms with Crippen LogP contribution in [0.15, 0.2) is 36.4 Å². The number of anilines is 2. The SMILES string of the molecule is CN1CCN(c2ccc(NC3NCC4C(=O)N5C/C=C\CCOC6CCCC(N6)N5C4N3)cc2)CC1. The molecule has 196 valence electrons. The first-order valence-electron chi connectivity index (χ1n) is 13.6. The highest BCUT2D eigenvalue weighted by molar-refractivity contribution is 5.82. The Hall–Kier alpha value is -2.21. The summed E-state index contributed by atoms with van der Waals surface area (Å²) >= 11 is 0.